The summed E-state index contributed by atoms with van der Waals surface area (Å²) in [6, 6.07) is 103. The summed E-state index contributed by atoms with van der Waals surface area (Å²) in [6.07, 6.45) is 0. The SMILES string of the molecule is c1ccc(-n2c3ccccc3c3c(-c4ccc(N(c5ccc(-c6ccc7ccccc7c6)cc5)c5ccc([Si](c6ccccc6)(c6ccccc6)c6ccccc6)cc5)cc4)cccc32)cc1. The Morgan fingerprint density at radius 3 is 1.34 bits per heavy atom. The van der Waals surface area contributed by atoms with E-state index in [1.54, 1.807) is 0 Å². The quantitative estimate of drug-likeness (QED) is 0.0982. The highest BCUT2D eigenvalue weighted by Gasteiger charge is 2.41. The minimum atomic E-state index is -2.71. The van der Waals surface area contributed by atoms with E-state index in [1.165, 1.54) is 75.6 Å². The maximum absolute atomic E-state index is 2.71. The Morgan fingerprint density at radius 2 is 0.746 bits per heavy atom. The maximum Gasteiger partial charge on any atom is 0.179 e. The van der Waals surface area contributed by atoms with E-state index in [-0.39, 0.29) is 0 Å². The van der Waals surface area contributed by atoms with Crippen molar-refractivity contribution in [3.05, 3.63) is 279 Å². The zero-order valence-corrected chi connectivity index (χ0v) is 38.0. The van der Waals surface area contributed by atoms with Crippen LogP contribution in [0.2, 0.25) is 0 Å². The van der Waals surface area contributed by atoms with E-state index in [9.17, 15) is 0 Å². The third-order valence-corrected chi connectivity index (χ3v) is 18.3. The Morgan fingerprint density at radius 1 is 0.299 bits per heavy atom. The number of rotatable bonds is 10. The number of anilines is 3. The van der Waals surface area contributed by atoms with Crippen LogP contribution in [0.1, 0.15) is 0 Å². The zero-order chi connectivity index (χ0) is 44.6. The molecule has 0 amide bonds. The summed E-state index contributed by atoms with van der Waals surface area (Å²) in [5.41, 5.74) is 11.6. The summed E-state index contributed by atoms with van der Waals surface area (Å²) >= 11 is 0. The molecule has 11 aromatic carbocycles. The van der Waals surface area contributed by atoms with Gasteiger partial charge < -0.3 is 9.47 Å². The van der Waals surface area contributed by atoms with Crippen molar-refractivity contribution < 1.29 is 0 Å². The fourth-order valence-corrected chi connectivity index (χ4v) is 15.2. The van der Waals surface area contributed by atoms with Crippen LogP contribution in [-0.2, 0) is 0 Å². The average molecular weight is 871 g/mol. The molecule has 0 aliphatic heterocycles. The van der Waals surface area contributed by atoms with Crippen molar-refractivity contribution in [2.45, 2.75) is 0 Å². The topological polar surface area (TPSA) is 8.17 Å². The molecule has 0 spiro atoms. The van der Waals surface area contributed by atoms with E-state index in [0.29, 0.717) is 0 Å². The minimum absolute atomic E-state index is 1.09. The van der Waals surface area contributed by atoms with Crippen molar-refractivity contribution in [1.82, 2.24) is 4.57 Å². The van der Waals surface area contributed by atoms with Crippen LogP contribution in [0.3, 0.4) is 0 Å². The lowest BCUT2D eigenvalue weighted by atomic mass is 9.99. The van der Waals surface area contributed by atoms with Crippen molar-refractivity contribution >= 4 is 78.5 Å². The van der Waals surface area contributed by atoms with Crippen molar-refractivity contribution in [1.29, 1.82) is 0 Å². The lowest BCUT2D eigenvalue weighted by molar-refractivity contribution is 1.18. The first-order chi connectivity index (χ1) is 33.2. The van der Waals surface area contributed by atoms with Gasteiger partial charge in [-0.15, -0.1) is 0 Å². The maximum atomic E-state index is 2.40. The highest BCUT2D eigenvalue weighted by molar-refractivity contribution is 7.19. The molecule has 3 heteroatoms. The fourth-order valence-electron chi connectivity index (χ4n) is 10.4. The van der Waals surface area contributed by atoms with Crippen LogP contribution < -0.4 is 25.6 Å². The van der Waals surface area contributed by atoms with E-state index in [4.69, 9.17) is 0 Å². The normalized spacial score (nSPS) is 11.6. The smallest absolute Gasteiger partial charge is 0.179 e. The molecule has 0 saturated carbocycles. The third-order valence-electron chi connectivity index (χ3n) is 13.5. The molecule has 0 atom stereocenters. The summed E-state index contributed by atoms with van der Waals surface area (Å²) in [6.45, 7) is 0. The van der Waals surface area contributed by atoms with Gasteiger partial charge in [0.25, 0.3) is 0 Å². The van der Waals surface area contributed by atoms with Gasteiger partial charge >= 0.3 is 0 Å². The number of benzene rings is 11. The number of fused-ring (bicyclic) bond motifs is 4. The molecular formula is C64H46N2Si. The van der Waals surface area contributed by atoms with E-state index in [0.717, 1.165) is 22.7 Å². The second kappa shape index (κ2) is 17.1. The summed E-state index contributed by atoms with van der Waals surface area (Å²) in [5, 5.41) is 10.4. The highest BCUT2D eigenvalue weighted by Crippen LogP contribution is 2.41. The molecule has 0 bridgehead atoms. The average Bonchev–Trinajstić information content (AvgIpc) is 3.76. The Kier molecular flexibility index (Phi) is 10.2. The molecule has 316 valence electrons. The lowest BCUT2D eigenvalue weighted by Crippen LogP contribution is -2.74. The van der Waals surface area contributed by atoms with E-state index >= 15 is 0 Å². The monoisotopic (exact) mass is 870 g/mol. The van der Waals surface area contributed by atoms with Gasteiger partial charge in [0.15, 0.2) is 8.07 Å². The summed E-state index contributed by atoms with van der Waals surface area (Å²) in [7, 11) is -2.71. The highest BCUT2D eigenvalue weighted by atomic mass is 28.3. The van der Waals surface area contributed by atoms with Crippen LogP contribution in [0.25, 0.3) is 60.5 Å². The Hall–Kier alpha value is -8.50. The van der Waals surface area contributed by atoms with E-state index in [1.807, 2.05) is 0 Å². The second-order valence-electron chi connectivity index (χ2n) is 17.3. The first-order valence-corrected chi connectivity index (χ1v) is 25.1. The zero-order valence-electron chi connectivity index (χ0n) is 37.0. The number of hydrogen-bond acceptors (Lipinski definition) is 1. The molecule has 67 heavy (non-hydrogen) atoms. The predicted molar refractivity (Wildman–Crippen MR) is 287 cm³/mol. The van der Waals surface area contributed by atoms with Crippen molar-refractivity contribution in [3.63, 3.8) is 0 Å². The fraction of sp³-hybridized carbons (Fsp3) is 0. The molecule has 1 aromatic heterocycles. The molecule has 0 radical (unpaired) electrons. The molecular weight excluding hydrogens is 825 g/mol. The third kappa shape index (κ3) is 7.05. The minimum Gasteiger partial charge on any atom is -0.311 e. The lowest BCUT2D eigenvalue weighted by Gasteiger charge is -2.35. The van der Waals surface area contributed by atoms with Crippen LogP contribution in [0.15, 0.2) is 279 Å². The number of para-hydroxylation sites is 2. The van der Waals surface area contributed by atoms with Gasteiger partial charge in [0.2, 0.25) is 0 Å². The largest absolute Gasteiger partial charge is 0.311 e. The van der Waals surface area contributed by atoms with Gasteiger partial charge in [0, 0.05) is 33.5 Å². The summed E-state index contributed by atoms with van der Waals surface area (Å²) in [4.78, 5) is 2.40. The van der Waals surface area contributed by atoms with E-state index < -0.39 is 8.07 Å². The molecule has 0 fully saturated rings. The number of aromatic nitrogens is 1. The predicted octanol–water partition coefficient (Wildman–Crippen LogP) is 14.1. The van der Waals surface area contributed by atoms with Gasteiger partial charge in [-0.25, -0.2) is 0 Å². The molecule has 0 N–H and O–H groups in total. The molecule has 0 saturated heterocycles. The Bertz CT molecular complexity index is 3550. The molecule has 0 aliphatic rings. The summed E-state index contributed by atoms with van der Waals surface area (Å²) in [5.74, 6) is 0. The van der Waals surface area contributed by atoms with Crippen molar-refractivity contribution in [3.8, 4) is 27.9 Å². The number of hydrogen-bond donors (Lipinski definition) is 0. The Labute approximate surface area is 392 Å². The van der Waals surface area contributed by atoms with Crippen LogP contribution in [0, 0.1) is 0 Å². The van der Waals surface area contributed by atoms with E-state index in [2.05, 4.69) is 289 Å². The van der Waals surface area contributed by atoms with Gasteiger partial charge in [-0.1, -0.05) is 212 Å². The Balaban J connectivity index is 0.993. The van der Waals surface area contributed by atoms with Crippen LogP contribution in [-0.4, -0.2) is 12.6 Å². The molecule has 2 nitrogen and oxygen atoms in total. The van der Waals surface area contributed by atoms with Crippen LogP contribution in [0.4, 0.5) is 17.1 Å². The van der Waals surface area contributed by atoms with Gasteiger partial charge in [0.05, 0.1) is 11.0 Å². The molecule has 1 heterocycles. The molecule has 12 aromatic rings. The molecule has 0 unspecified atom stereocenters. The second-order valence-corrected chi connectivity index (χ2v) is 21.1. The summed E-state index contributed by atoms with van der Waals surface area (Å²) < 4.78 is 2.39. The first kappa shape index (κ1) is 40.0. The van der Waals surface area contributed by atoms with Crippen molar-refractivity contribution in [2.24, 2.45) is 0 Å². The van der Waals surface area contributed by atoms with Crippen LogP contribution in [0.5, 0.6) is 0 Å². The van der Waals surface area contributed by atoms with Gasteiger partial charge in [-0.3, -0.25) is 0 Å². The van der Waals surface area contributed by atoms with Gasteiger partial charge in [0.1, 0.15) is 0 Å². The number of nitrogens with zero attached hydrogens (tertiary/aromatic N) is 2. The van der Waals surface area contributed by atoms with Crippen LogP contribution >= 0.6 is 0 Å². The van der Waals surface area contributed by atoms with Crippen molar-refractivity contribution in [2.75, 3.05) is 4.90 Å². The first-order valence-electron chi connectivity index (χ1n) is 23.1. The standard InChI is InChI=1S/C64H46N2Si/c1-5-20-52(21-6-1)66-62-30-16-15-28-61(62)64-60(29-17-31-63(64)66)49-36-40-54(41-37-49)65(53-38-34-48(35-39-53)51-33-32-47-18-13-14-19-50(47)46-51)55-42-44-59(45-43-55)67(56-22-7-2-8-23-56,57-24-9-3-10-25-57)58-26-11-4-12-27-58/h1-46H. The molecule has 0 aliphatic carbocycles. The van der Waals surface area contributed by atoms with Gasteiger partial charge in [-0.2, -0.15) is 0 Å². The molecule has 12 rings (SSSR count). The van der Waals surface area contributed by atoms with Gasteiger partial charge in [-0.05, 0) is 121 Å².